The summed E-state index contributed by atoms with van der Waals surface area (Å²) in [6.45, 7) is 10.2. The number of hydrogen-bond acceptors (Lipinski definition) is 7. The first kappa shape index (κ1) is 27.4. The highest BCUT2D eigenvalue weighted by molar-refractivity contribution is 6.03. The number of hydrogen-bond donors (Lipinski definition) is 2. The van der Waals surface area contributed by atoms with Crippen molar-refractivity contribution in [2.45, 2.75) is 77.0 Å². The smallest absolute Gasteiger partial charge is 0.312 e. The van der Waals surface area contributed by atoms with Crippen molar-refractivity contribution in [3.05, 3.63) is 24.3 Å². The Kier molecular flexibility index (Phi) is 8.14. The van der Waals surface area contributed by atoms with Crippen LogP contribution in [0.25, 0.3) is 0 Å². The third-order valence-corrected chi connectivity index (χ3v) is 8.54. The Hall–Kier alpha value is -2.65. The quantitative estimate of drug-likeness (QED) is 0.325. The van der Waals surface area contributed by atoms with E-state index in [9.17, 15) is 19.5 Å². The molecule has 0 saturated carbocycles. The molecule has 2 bridgehead atoms. The van der Waals surface area contributed by atoms with Crippen LogP contribution in [0.1, 0.15) is 59.8 Å². The second-order valence-electron chi connectivity index (χ2n) is 10.3. The molecule has 1 spiro atoms. The van der Waals surface area contributed by atoms with Gasteiger partial charge in [0.05, 0.1) is 18.1 Å². The number of carbonyl (C=O) groups is 3. The third kappa shape index (κ3) is 4.50. The second-order valence-corrected chi connectivity index (χ2v) is 10.3. The summed E-state index contributed by atoms with van der Waals surface area (Å²) < 4.78 is 12.1. The molecule has 9 heteroatoms. The number of unbranched alkanes of at least 4 members (excludes halogenated alkanes) is 1. The Balaban J connectivity index is 1.66. The van der Waals surface area contributed by atoms with Crippen molar-refractivity contribution >= 4 is 29.2 Å². The van der Waals surface area contributed by atoms with Gasteiger partial charge in [0.1, 0.15) is 17.6 Å². The molecular weight excluding hydrogens is 474 g/mol. The molecule has 9 nitrogen and oxygen atoms in total. The van der Waals surface area contributed by atoms with Crippen LogP contribution in [-0.4, -0.2) is 77.9 Å². The van der Waals surface area contributed by atoms with Crippen LogP contribution >= 0.6 is 0 Å². The van der Waals surface area contributed by atoms with E-state index in [1.807, 2.05) is 31.2 Å². The number of fused-ring (bicyclic) bond motifs is 1. The van der Waals surface area contributed by atoms with Gasteiger partial charge in [0.15, 0.2) is 0 Å². The molecule has 3 aliphatic rings. The van der Waals surface area contributed by atoms with Crippen LogP contribution in [-0.2, 0) is 23.9 Å². The highest BCUT2D eigenvalue weighted by atomic mass is 16.6. The Labute approximate surface area is 219 Å². The lowest BCUT2D eigenvalue weighted by atomic mass is 9.65. The Morgan fingerprint density at radius 3 is 2.43 bits per heavy atom. The number of aliphatic hydroxyl groups excluding tert-OH is 1. The summed E-state index contributed by atoms with van der Waals surface area (Å²) in [4.78, 5) is 44.7. The summed E-state index contributed by atoms with van der Waals surface area (Å²) in [5, 5.41) is 12.3. The molecule has 3 fully saturated rings. The topological polar surface area (TPSA) is 108 Å². The zero-order chi connectivity index (χ0) is 26.8. The van der Waals surface area contributed by atoms with Crippen LogP contribution in [0.15, 0.2) is 24.3 Å². The number of rotatable bonds is 12. The molecule has 2 amide bonds. The normalized spacial score (nSPS) is 29.9. The number of nitrogens with one attached hydrogen (secondary N) is 1. The minimum absolute atomic E-state index is 0.00719. The van der Waals surface area contributed by atoms with Crippen molar-refractivity contribution in [3.8, 4) is 0 Å². The van der Waals surface area contributed by atoms with E-state index in [4.69, 9.17) is 9.47 Å². The van der Waals surface area contributed by atoms with Crippen molar-refractivity contribution < 1.29 is 29.0 Å². The first-order valence-corrected chi connectivity index (χ1v) is 13.8. The molecule has 2 N–H and O–H groups in total. The number of ether oxygens (including phenoxy) is 2. The van der Waals surface area contributed by atoms with Gasteiger partial charge < -0.3 is 29.7 Å². The molecule has 1 aromatic carbocycles. The zero-order valence-corrected chi connectivity index (χ0v) is 22.5. The van der Waals surface area contributed by atoms with Gasteiger partial charge in [0.2, 0.25) is 11.8 Å². The number of nitrogens with zero attached hydrogens (tertiary/aromatic N) is 2. The maximum Gasteiger partial charge on any atom is 0.312 e. The Bertz CT molecular complexity index is 996. The number of amides is 2. The minimum Gasteiger partial charge on any atom is -0.466 e. The molecule has 3 aliphatic heterocycles. The lowest BCUT2D eigenvalue weighted by molar-refractivity contribution is -0.160. The van der Waals surface area contributed by atoms with E-state index >= 15 is 0 Å². The molecule has 0 aliphatic carbocycles. The molecule has 0 aromatic heterocycles. The summed E-state index contributed by atoms with van der Waals surface area (Å²) in [7, 11) is 0. The molecule has 5 atom stereocenters. The van der Waals surface area contributed by atoms with E-state index in [0.29, 0.717) is 44.3 Å². The van der Waals surface area contributed by atoms with Gasteiger partial charge in [-0.15, -0.1) is 0 Å². The average Bonchev–Trinajstić information content (AvgIpc) is 3.50. The minimum atomic E-state index is -1.07. The lowest BCUT2D eigenvalue weighted by Crippen LogP contribution is -2.53. The molecule has 4 rings (SSSR count). The van der Waals surface area contributed by atoms with Crippen LogP contribution in [0.2, 0.25) is 0 Å². The molecule has 3 saturated heterocycles. The highest BCUT2D eigenvalue weighted by Gasteiger charge is 2.78. The van der Waals surface area contributed by atoms with E-state index in [-0.39, 0.29) is 25.0 Å². The van der Waals surface area contributed by atoms with Crippen LogP contribution in [0.5, 0.6) is 0 Å². The van der Waals surface area contributed by atoms with E-state index in [2.05, 4.69) is 24.1 Å². The first-order valence-electron chi connectivity index (χ1n) is 13.8. The maximum absolute atomic E-state index is 13.9. The molecule has 0 radical (unpaired) electrons. The van der Waals surface area contributed by atoms with Gasteiger partial charge >= 0.3 is 5.97 Å². The number of esters is 1. The molecular formula is C28H41N3O6. The van der Waals surface area contributed by atoms with Gasteiger partial charge in [-0.3, -0.25) is 14.4 Å². The van der Waals surface area contributed by atoms with Crippen molar-refractivity contribution in [3.63, 3.8) is 0 Å². The van der Waals surface area contributed by atoms with Crippen LogP contribution in [0, 0.1) is 11.8 Å². The number of likely N-dealkylation sites (tertiary alicyclic amines) is 1. The molecule has 204 valence electrons. The van der Waals surface area contributed by atoms with E-state index in [1.54, 1.807) is 11.8 Å². The van der Waals surface area contributed by atoms with Crippen molar-refractivity contribution in [2.75, 3.05) is 43.1 Å². The zero-order valence-electron chi connectivity index (χ0n) is 22.5. The molecule has 37 heavy (non-hydrogen) atoms. The summed E-state index contributed by atoms with van der Waals surface area (Å²) >= 11 is 0. The Morgan fingerprint density at radius 2 is 1.84 bits per heavy atom. The van der Waals surface area contributed by atoms with Crippen molar-refractivity contribution in [1.82, 2.24) is 4.90 Å². The van der Waals surface area contributed by atoms with Crippen LogP contribution in [0.4, 0.5) is 11.4 Å². The monoisotopic (exact) mass is 515 g/mol. The predicted octanol–water partition coefficient (Wildman–Crippen LogP) is 2.96. The fraction of sp³-hybridized carbons (Fsp3) is 0.679. The van der Waals surface area contributed by atoms with Gasteiger partial charge in [-0.25, -0.2) is 0 Å². The Morgan fingerprint density at radius 1 is 1.14 bits per heavy atom. The number of aliphatic hydroxyl groups is 1. The van der Waals surface area contributed by atoms with Crippen molar-refractivity contribution in [1.29, 1.82) is 0 Å². The summed E-state index contributed by atoms with van der Waals surface area (Å²) in [5.41, 5.74) is -0.158. The van der Waals surface area contributed by atoms with Crippen LogP contribution in [0.3, 0.4) is 0 Å². The van der Waals surface area contributed by atoms with Gasteiger partial charge in [0.25, 0.3) is 0 Å². The standard InChI is InChI=1S/C28H41N3O6/c1-5-27-15-16-28(37-27)21(22(27)26(35)36-8-4)25(34)31(17-9-10-18-32)23(28)24(33)29-19-11-13-20(14-12-19)30(6-2)7-3/h11-14,21-23,32H,5-10,15-18H2,1-4H3,(H,29,33)/t21-,22+,23?,27-,28?/m0/s1. The third-order valence-electron chi connectivity index (χ3n) is 8.54. The van der Waals surface area contributed by atoms with Gasteiger partial charge in [-0.2, -0.15) is 0 Å². The van der Waals surface area contributed by atoms with E-state index in [0.717, 1.165) is 18.8 Å². The molecule has 2 unspecified atom stereocenters. The number of anilines is 2. The molecule has 1 aromatic rings. The fourth-order valence-corrected chi connectivity index (χ4v) is 6.80. The van der Waals surface area contributed by atoms with E-state index in [1.165, 1.54) is 0 Å². The van der Waals surface area contributed by atoms with Crippen LogP contribution < -0.4 is 10.2 Å². The summed E-state index contributed by atoms with van der Waals surface area (Å²) in [5.74, 6) is -2.46. The summed E-state index contributed by atoms with van der Waals surface area (Å²) in [6.07, 6.45) is 2.76. The first-order chi connectivity index (χ1) is 17.8. The summed E-state index contributed by atoms with van der Waals surface area (Å²) in [6, 6.07) is 6.83. The molecule has 3 heterocycles. The maximum atomic E-state index is 13.9. The van der Waals surface area contributed by atoms with Gasteiger partial charge in [-0.1, -0.05) is 6.92 Å². The number of benzene rings is 1. The fourth-order valence-electron chi connectivity index (χ4n) is 6.80. The van der Waals surface area contributed by atoms with Gasteiger partial charge in [0, 0.05) is 37.6 Å². The number of carbonyl (C=O) groups excluding carboxylic acids is 3. The SMILES string of the molecule is CCOC(=O)[C@H]1[C@H]2C(=O)N(CCCCO)C(C(=O)Nc3ccc(N(CC)CC)cc3)C23CC[C@]1(CC)O3. The van der Waals surface area contributed by atoms with E-state index < -0.39 is 35.0 Å². The highest BCUT2D eigenvalue weighted by Crippen LogP contribution is 2.64. The largest absolute Gasteiger partial charge is 0.466 e. The van der Waals surface area contributed by atoms with Gasteiger partial charge in [-0.05, 0) is 77.1 Å². The predicted molar refractivity (Wildman–Crippen MR) is 140 cm³/mol. The second kappa shape index (κ2) is 11.0. The lowest BCUT2D eigenvalue weighted by Gasteiger charge is -2.33. The van der Waals surface area contributed by atoms with Crippen molar-refractivity contribution in [2.24, 2.45) is 11.8 Å². The average molecular weight is 516 g/mol.